The lowest BCUT2D eigenvalue weighted by atomic mass is 10.2. The van der Waals surface area contributed by atoms with Crippen LogP contribution in [0.4, 0.5) is 0 Å². The van der Waals surface area contributed by atoms with Gasteiger partial charge >= 0.3 is 0 Å². The van der Waals surface area contributed by atoms with Crippen molar-refractivity contribution in [3.8, 4) is 0 Å². The Kier molecular flexibility index (Phi) is 4.21. The Hall–Kier alpha value is -1.83. The molecule has 0 saturated heterocycles. The Morgan fingerprint density at radius 3 is 2.64 bits per heavy atom. The average molecular weight is 186 g/mol. The Balaban J connectivity index is 2.62. The van der Waals surface area contributed by atoms with Gasteiger partial charge in [-0.2, -0.15) is 0 Å². The van der Waals surface area contributed by atoms with E-state index in [0.29, 0.717) is 5.70 Å². The number of nitrogens with two attached hydrogens (primary N) is 1. The molecule has 0 radical (unpaired) electrons. The highest BCUT2D eigenvalue weighted by Crippen LogP contribution is 1.94. The number of rotatable bonds is 3. The van der Waals surface area contributed by atoms with Crippen molar-refractivity contribution in [1.29, 1.82) is 0 Å². The van der Waals surface area contributed by atoms with Gasteiger partial charge in [0.1, 0.15) is 0 Å². The number of benzene rings is 1. The Labute approximate surface area is 84.5 Å². The summed E-state index contributed by atoms with van der Waals surface area (Å²) in [5.74, 6) is 0. The van der Waals surface area contributed by atoms with E-state index in [1.165, 1.54) is 0 Å². The summed E-state index contributed by atoms with van der Waals surface area (Å²) in [6.45, 7) is 1.92. The van der Waals surface area contributed by atoms with Crippen molar-refractivity contribution in [2.45, 2.75) is 6.92 Å². The highest BCUT2D eigenvalue weighted by atomic mass is 14.7. The van der Waals surface area contributed by atoms with Gasteiger partial charge < -0.3 is 5.73 Å². The number of aliphatic imine (C=N–C) groups is 1. The highest BCUT2D eigenvalue weighted by molar-refractivity contribution is 5.79. The molecule has 0 aliphatic carbocycles. The van der Waals surface area contributed by atoms with Crippen LogP contribution in [0.3, 0.4) is 0 Å². The molecule has 0 fully saturated rings. The van der Waals surface area contributed by atoms with E-state index in [-0.39, 0.29) is 0 Å². The maximum atomic E-state index is 5.61. The van der Waals surface area contributed by atoms with Crippen molar-refractivity contribution in [1.82, 2.24) is 0 Å². The molecule has 0 aromatic heterocycles. The zero-order valence-corrected chi connectivity index (χ0v) is 8.22. The summed E-state index contributed by atoms with van der Waals surface area (Å²) >= 11 is 0. The van der Waals surface area contributed by atoms with Crippen molar-refractivity contribution < 1.29 is 0 Å². The number of hydrogen-bond acceptors (Lipinski definition) is 2. The van der Waals surface area contributed by atoms with E-state index in [1.54, 1.807) is 12.4 Å². The van der Waals surface area contributed by atoms with E-state index >= 15 is 0 Å². The zero-order chi connectivity index (χ0) is 10.2. The number of hydrogen-bond donors (Lipinski definition) is 1. The third-order valence-corrected chi connectivity index (χ3v) is 1.61. The van der Waals surface area contributed by atoms with E-state index in [0.717, 1.165) is 5.56 Å². The quantitative estimate of drug-likeness (QED) is 0.571. The molecule has 1 aromatic carbocycles. The van der Waals surface area contributed by atoms with Crippen molar-refractivity contribution in [3.05, 3.63) is 59.9 Å². The molecule has 2 heteroatoms. The third kappa shape index (κ3) is 3.72. The molecule has 0 saturated carbocycles. The monoisotopic (exact) mass is 186 g/mol. The first-order chi connectivity index (χ1) is 6.83. The first kappa shape index (κ1) is 10.3. The molecule has 0 amide bonds. The molecule has 2 N–H and O–H groups in total. The summed E-state index contributed by atoms with van der Waals surface area (Å²) < 4.78 is 0. The summed E-state index contributed by atoms with van der Waals surface area (Å²) in [5, 5.41) is 0. The average Bonchev–Trinajstić information content (AvgIpc) is 2.20. The minimum absolute atomic E-state index is 0.652. The van der Waals surface area contributed by atoms with Gasteiger partial charge in [0.05, 0.1) is 0 Å². The van der Waals surface area contributed by atoms with Gasteiger partial charge in [-0.25, -0.2) is 0 Å². The van der Waals surface area contributed by atoms with Crippen LogP contribution in [0.15, 0.2) is 59.4 Å². The van der Waals surface area contributed by atoms with E-state index < -0.39 is 0 Å². The molecular formula is C12H14N2. The summed E-state index contributed by atoms with van der Waals surface area (Å²) in [6.07, 6.45) is 7.09. The number of allylic oxidation sites excluding steroid dienone is 2. The Morgan fingerprint density at radius 1 is 1.29 bits per heavy atom. The maximum absolute atomic E-state index is 5.61. The van der Waals surface area contributed by atoms with Crippen LogP contribution in [0, 0.1) is 0 Å². The minimum atomic E-state index is 0.652. The van der Waals surface area contributed by atoms with Gasteiger partial charge in [0.15, 0.2) is 0 Å². The van der Waals surface area contributed by atoms with Gasteiger partial charge in [-0.3, -0.25) is 4.99 Å². The molecular weight excluding hydrogens is 172 g/mol. The van der Waals surface area contributed by atoms with Gasteiger partial charge in [0.25, 0.3) is 0 Å². The van der Waals surface area contributed by atoms with E-state index in [1.807, 2.05) is 49.4 Å². The van der Waals surface area contributed by atoms with Gasteiger partial charge in [0.2, 0.25) is 0 Å². The first-order valence-corrected chi connectivity index (χ1v) is 4.49. The largest absolute Gasteiger partial charge is 0.397 e. The van der Waals surface area contributed by atoms with Crippen LogP contribution in [-0.2, 0) is 0 Å². The smallest absolute Gasteiger partial charge is 0.0497 e. The standard InChI is InChI=1S/C12H14N2/c1-2-6-12(13)10-14-9-11-7-4-3-5-8-11/h2-10H,13H2,1H3/b6-2-,12-10+,14-9?. The van der Waals surface area contributed by atoms with Crippen molar-refractivity contribution in [2.75, 3.05) is 0 Å². The second-order valence-electron chi connectivity index (χ2n) is 2.82. The van der Waals surface area contributed by atoms with E-state index in [4.69, 9.17) is 5.73 Å². The van der Waals surface area contributed by atoms with Crippen LogP contribution >= 0.6 is 0 Å². The normalized spacial score (nSPS) is 12.8. The summed E-state index contributed by atoms with van der Waals surface area (Å²) in [6, 6.07) is 9.90. The lowest BCUT2D eigenvalue weighted by Gasteiger charge is -1.89. The lowest BCUT2D eigenvalue weighted by Crippen LogP contribution is -1.91. The van der Waals surface area contributed by atoms with Crippen LogP contribution in [-0.4, -0.2) is 6.21 Å². The van der Waals surface area contributed by atoms with Crippen molar-refractivity contribution >= 4 is 6.21 Å². The minimum Gasteiger partial charge on any atom is -0.397 e. The van der Waals surface area contributed by atoms with Crippen LogP contribution in [0.1, 0.15) is 12.5 Å². The zero-order valence-electron chi connectivity index (χ0n) is 8.22. The van der Waals surface area contributed by atoms with Gasteiger partial charge in [0, 0.05) is 18.1 Å². The molecule has 0 unspecified atom stereocenters. The summed E-state index contributed by atoms with van der Waals surface area (Å²) in [5.41, 5.74) is 7.33. The molecule has 0 atom stereocenters. The Morgan fingerprint density at radius 2 is 2.00 bits per heavy atom. The first-order valence-electron chi connectivity index (χ1n) is 4.49. The lowest BCUT2D eigenvalue weighted by molar-refractivity contribution is 1.36. The molecule has 0 aliphatic heterocycles. The highest BCUT2D eigenvalue weighted by Gasteiger charge is 1.82. The van der Waals surface area contributed by atoms with E-state index in [2.05, 4.69) is 4.99 Å². The second-order valence-corrected chi connectivity index (χ2v) is 2.82. The van der Waals surface area contributed by atoms with Crippen LogP contribution in [0.25, 0.3) is 0 Å². The predicted molar refractivity (Wildman–Crippen MR) is 61.1 cm³/mol. The number of nitrogens with zero attached hydrogens (tertiary/aromatic N) is 1. The molecule has 1 rings (SSSR count). The fraction of sp³-hybridized carbons (Fsp3) is 0.0833. The Bertz CT molecular complexity index is 348. The van der Waals surface area contributed by atoms with Crippen LogP contribution in [0.2, 0.25) is 0 Å². The molecule has 0 heterocycles. The van der Waals surface area contributed by atoms with Gasteiger partial charge in [-0.15, -0.1) is 0 Å². The maximum Gasteiger partial charge on any atom is 0.0497 e. The fourth-order valence-corrected chi connectivity index (χ4v) is 0.984. The van der Waals surface area contributed by atoms with Crippen LogP contribution < -0.4 is 5.73 Å². The second kappa shape index (κ2) is 5.75. The van der Waals surface area contributed by atoms with Gasteiger partial charge in [-0.1, -0.05) is 36.4 Å². The molecule has 1 aromatic rings. The molecule has 72 valence electrons. The molecule has 0 bridgehead atoms. The molecule has 2 nitrogen and oxygen atoms in total. The van der Waals surface area contributed by atoms with E-state index in [9.17, 15) is 0 Å². The summed E-state index contributed by atoms with van der Waals surface area (Å²) in [4.78, 5) is 4.10. The summed E-state index contributed by atoms with van der Waals surface area (Å²) in [7, 11) is 0. The van der Waals surface area contributed by atoms with Gasteiger partial charge in [-0.05, 0) is 18.6 Å². The van der Waals surface area contributed by atoms with Crippen LogP contribution in [0.5, 0.6) is 0 Å². The SMILES string of the molecule is C/C=C\C(N)=C/N=Cc1ccccc1. The molecule has 14 heavy (non-hydrogen) atoms. The predicted octanol–water partition coefficient (Wildman–Crippen LogP) is 2.48. The van der Waals surface area contributed by atoms with Crippen molar-refractivity contribution in [3.63, 3.8) is 0 Å². The topological polar surface area (TPSA) is 38.4 Å². The third-order valence-electron chi connectivity index (χ3n) is 1.61. The fourth-order valence-electron chi connectivity index (χ4n) is 0.984. The van der Waals surface area contributed by atoms with Crippen molar-refractivity contribution in [2.24, 2.45) is 10.7 Å². The molecule has 0 spiro atoms. The molecule has 0 aliphatic rings.